The number of para-hydroxylation sites is 1. The molecule has 0 saturated carbocycles. The third-order valence-corrected chi connectivity index (χ3v) is 3.39. The van der Waals surface area contributed by atoms with Crippen LogP contribution >= 0.6 is 0 Å². The van der Waals surface area contributed by atoms with Crippen molar-refractivity contribution < 1.29 is 19.4 Å². The first kappa shape index (κ1) is 11.3. The highest BCUT2D eigenvalue weighted by Crippen LogP contribution is 2.36. The minimum Gasteiger partial charge on any atom is -0.454 e. The molecule has 5 nitrogen and oxygen atoms in total. The lowest BCUT2D eigenvalue weighted by Crippen LogP contribution is -2.25. The van der Waals surface area contributed by atoms with Crippen molar-refractivity contribution in [2.75, 3.05) is 19.9 Å². The van der Waals surface area contributed by atoms with Crippen LogP contribution in [0.1, 0.15) is 12.0 Å². The van der Waals surface area contributed by atoms with Crippen LogP contribution in [0, 0.1) is 5.92 Å². The summed E-state index contributed by atoms with van der Waals surface area (Å²) in [4.78, 5) is 13.6. The van der Waals surface area contributed by atoms with Gasteiger partial charge in [-0.25, -0.2) is 0 Å². The van der Waals surface area contributed by atoms with Crippen molar-refractivity contribution in [1.82, 2.24) is 4.90 Å². The van der Waals surface area contributed by atoms with Gasteiger partial charge in [0, 0.05) is 37.6 Å². The Morgan fingerprint density at radius 2 is 2.28 bits per heavy atom. The number of aliphatic hydroxyl groups excluding tert-OH is 1. The quantitative estimate of drug-likeness (QED) is 0.859. The topological polar surface area (TPSA) is 59.0 Å². The number of likely N-dealkylation sites (tertiary alicyclic amines) is 1. The summed E-state index contributed by atoms with van der Waals surface area (Å²) >= 11 is 0. The maximum atomic E-state index is 11.8. The van der Waals surface area contributed by atoms with Crippen LogP contribution < -0.4 is 9.47 Å². The second kappa shape index (κ2) is 4.49. The second-order valence-corrected chi connectivity index (χ2v) is 4.68. The number of benzene rings is 1. The van der Waals surface area contributed by atoms with Crippen LogP contribution in [0.3, 0.4) is 0 Å². The highest BCUT2D eigenvalue weighted by molar-refractivity contribution is 5.78. The number of aliphatic hydroxyl groups is 1. The van der Waals surface area contributed by atoms with Gasteiger partial charge in [-0.2, -0.15) is 0 Å². The number of carbonyl (C=O) groups is 1. The number of ether oxygens (including phenoxy) is 2. The minimum absolute atomic E-state index is 0.0615. The largest absolute Gasteiger partial charge is 0.454 e. The van der Waals surface area contributed by atoms with Gasteiger partial charge in [-0.15, -0.1) is 0 Å². The normalized spacial score (nSPS) is 21.7. The van der Waals surface area contributed by atoms with Crippen LogP contribution in [0.5, 0.6) is 11.5 Å². The van der Waals surface area contributed by atoms with E-state index in [0.29, 0.717) is 19.5 Å². The third kappa shape index (κ3) is 1.90. The van der Waals surface area contributed by atoms with E-state index in [1.807, 2.05) is 18.2 Å². The third-order valence-electron chi connectivity index (χ3n) is 3.39. The number of fused-ring (bicyclic) bond motifs is 1. The molecule has 5 heteroatoms. The lowest BCUT2D eigenvalue weighted by Gasteiger charge is -2.17. The minimum atomic E-state index is 0.0615. The zero-order valence-electron chi connectivity index (χ0n) is 9.96. The molecule has 0 aliphatic carbocycles. The molecular weight excluding hydrogens is 234 g/mol. The molecular formula is C13H15NO4. The highest BCUT2D eigenvalue weighted by Gasteiger charge is 2.30. The Kier molecular flexibility index (Phi) is 2.83. The molecule has 1 atom stereocenters. The molecule has 1 N–H and O–H groups in total. The lowest BCUT2D eigenvalue weighted by atomic mass is 10.1. The summed E-state index contributed by atoms with van der Waals surface area (Å²) in [6.07, 6.45) is 0.433. The molecule has 0 spiro atoms. The Morgan fingerprint density at radius 3 is 3.06 bits per heavy atom. The first-order valence-corrected chi connectivity index (χ1v) is 6.04. The monoisotopic (exact) mass is 249 g/mol. The van der Waals surface area contributed by atoms with Gasteiger partial charge in [0.2, 0.25) is 12.7 Å². The molecule has 18 heavy (non-hydrogen) atoms. The van der Waals surface area contributed by atoms with Crippen LogP contribution in [0.4, 0.5) is 0 Å². The van der Waals surface area contributed by atoms with Crippen LogP contribution in [-0.2, 0) is 11.3 Å². The van der Waals surface area contributed by atoms with Crippen LogP contribution in [0.2, 0.25) is 0 Å². The molecule has 1 unspecified atom stereocenters. The van der Waals surface area contributed by atoms with Crippen molar-refractivity contribution in [2.45, 2.75) is 13.0 Å². The van der Waals surface area contributed by atoms with Gasteiger partial charge in [0.05, 0.1) is 0 Å². The van der Waals surface area contributed by atoms with Gasteiger partial charge in [0.15, 0.2) is 11.5 Å². The van der Waals surface area contributed by atoms with Crippen molar-refractivity contribution in [3.8, 4) is 11.5 Å². The summed E-state index contributed by atoms with van der Waals surface area (Å²) in [7, 11) is 0. The fourth-order valence-corrected chi connectivity index (χ4v) is 2.45. The summed E-state index contributed by atoms with van der Waals surface area (Å²) in [5, 5.41) is 9.10. The van der Waals surface area contributed by atoms with E-state index in [1.165, 1.54) is 0 Å². The summed E-state index contributed by atoms with van der Waals surface area (Å²) in [5.41, 5.74) is 0.955. The zero-order chi connectivity index (χ0) is 12.5. The summed E-state index contributed by atoms with van der Waals surface area (Å²) < 4.78 is 10.7. The fraction of sp³-hybridized carbons (Fsp3) is 0.462. The van der Waals surface area contributed by atoms with Crippen molar-refractivity contribution in [3.63, 3.8) is 0 Å². The summed E-state index contributed by atoms with van der Waals surface area (Å²) in [5.74, 6) is 1.62. The molecule has 1 aromatic rings. The van der Waals surface area contributed by atoms with Crippen molar-refractivity contribution >= 4 is 5.91 Å². The Labute approximate surface area is 105 Å². The Bertz CT molecular complexity index is 474. The van der Waals surface area contributed by atoms with E-state index in [2.05, 4.69) is 0 Å². The predicted molar refractivity (Wildman–Crippen MR) is 63.2 cm³/mol. The standard InChI is InChI=1S/C13H15NO4/c15-7-9-4-12(16)14(5-9)6-10-2-1-3-11-13(10)18-8-17-11/h1-3,9,15H,4-8H2. The van der Waals surface area contributed by atoms with Gasteiger partial charge in [0.25, 0.3) is 0 Å². The number of rotatable bonds is 3. The molecule has 2 aliphatic heterocycles. The van der Waals surface area contributed by atoms with Gasteiger partial charge in [-0.3, -0.25) is 4.79 Å². The molecule has 96 valence electrons. The highest BCUT2D eigenvalue weighted by atomic mass is 16.7. The molecule has 2 aliphatic rings. The van der Waals surface area contributed by atoms with Gasteiger partial charge in [-0.05, 0) is 6.07 Å². The van der Waals surface area contributed by atoms with E-state index in [1.54, 1.807) is 4.90 Å². The fourth-order valence-electron chi connectivity index (χ4n) is 2.45. The van der Waals surface area contributed by atoms with Gasteiger partial charge >= 0.3 is 0 Å². The number of nitrogens with zero attached hydrogens (tertiary/aromatic N) is 1. The summed E-state index contributed by atoms with van der Waals surface area (Å²) in [6.45, 7) is 1.43. The molecule has 2 heterocycles. The van der Waals surface area contributed by atoms with Crippen LogP contribution in [0.25, 0.3) is 0 Å². The molecule has 0 radical (unpaired) electrons. The maximum Gasteiger partial charge on any atom is 0.231 e. The average molecular weight is 249 g/mol. The lowest BCUT2D eigenvalue weighted by molar-refractivity contribution is -0.128. The van der Waals surface area contributed by atoms with Crippen molar-refractivity contribution in [3.05, 3.63) is 23.8 Å². The number of hydrogen-bond acceptors (Lipinski definition) is 4. The van der Waals surface area contributed by atoms with E-state index < -0.39 is 0 Å². The smallest absolute Gasteiger partial charge is 0.231 e. The predicted octanol–water partition coefficient (Wildman–Crippen LogP) is 0.756. The molecule has 0 aromatic heterocycles. The molecule has 0 bridgehead atoms. The van der Waals surface area contributed by atoms with Gasteiger partial charge in [0.1, 0.15) is 0 Å². The van der Waals surface area contributed by atoms with E-state index in [9.17, 15) is 4.79 Å². The van der Waals surface area contributed by atoms with Crippen molar-refractivity contribution in [1.29, 1.82) is 0 Å². The van der Waals surface area contributed by atoms with Crippen LogP contribution in [-0.4, -0.2) is 35.9 Å². The number of carbonyl (C=O) groups excluding carboxylic acids is 1. The number of amides is 1. The molecule has 1 amide bonds. The van der Waals surface area contributed by atoms with E-state index in [-0.39, 0.29) is 25.2 Å². The Balaban J connectivity index is 1.78. The zero-order valence-corrected chi connectivity index (χ0v) is 9.96. The second-order valence-electron chi connectivity index (χ2n) is 4.68. The van der Waals surface area contributed by atoms with Crippen LogP contribution in [0.15, 0.2) is 18.2 Å². The van der Waals surface area contributed by atoms with Gasteiger partial charge < -0.3 is 19.5 Å². The maximum absolute atomic E-state index is 11.8. The van der Waals surface area contributed by atoms with E-state index in [0.717, 1.165) is 17.1 Å². The molecule has 1 saturated heterocycles. The Hall–Kier alpha value is -1.75. The van der Waals surface area contributed by atoms with E-state index >= 15 is 0 Å². The molecule has 1 aromatic carbocycles. The SMILES string of the molecule is O=C1CC(CO)CN1Cc1cccc2c1OCO2. The first-order chi connectivity index (χ1) is 8.78. The van der Waals surface area contributed by atoms with Crippen molar-refractivity contribution in [2.24, 2.45) is 5.92 Å². The number of hydrogen-bond donors (Lipinski definition) is 1. The average Bonchev–Trinajstić information content (AvgIpc) is 2.97. The van der Waals surface area contributed by atoms with Gasteiger partial charge in [-0.1, -0.05) is 12.1 Å². The molecule has 3 rings (SSSR count). The first-order valence-electron chi connectivity index (χ1n) is 6.04. The van der Waals surface area contributed by atoms with E-state index in [4.69, 9.17) is 14.6 Å². The Morgan fingerprint density at radius 1 is 1.39 bits per heavy atom. The summed E-state index contributed by atoms with van der Waals surface area (Å²) in [6, 6.07) is 5.69. The molecule has 1 fully saturated rings.